The average Bonchev–Trinajstić information content (AvgIpc) is 2.70. The van der Waals surface area contributed by atoms with Crippen molar-refractivity contribution >= 4 is 17.8 Å². The number of hydrogen-bond donors (Lipinski definition) is 0. The molecule has 126 valence electrons. The molecule has 0 radical (unpaired) electrons. The van der Waals surface area contributed by atoms with E-state index >= 15 is 0 Å². The summed E-state index contributed by atoms with van der Waals surface area (Å²) < 4.78 is 0. The van der Waals surface area contributed by atoms with E-state index in [2.05, 4.69) is 11.9 Å². The van der Waals surface area contributed by atoms with Gasteiger partial charge in [-0.05, 0) is 6.42 Å². The predicted molar refractivity (Wildman–Crippen MR) is 90.1 cm³/mol. The van der Waals surface area contributed by atoms with Gasteiger partial charge in [0.2, 0.25) is 0 Å². The second kappa shape index (κ2) is 10.4. The van der Waals surface area contributed by atoms with E-state index in [9.17, 15) is 9.59 Å². The molecule has 0 saturated carbocycles. The fraction of sp³-hybridized carbons (Fsp3) is 0.824. The highest BCUT2D eigenvalue weighted by Crippen LogP contribution is 2.11. The van der Waals surface area contributed by atoms with Gasteiger partial charge in [-0.3, -0.25) is 19.6 Å². The maximum atomic E-state index is 11.8. The normalized spacial score (nSPS) is 17.1. The number of carbonyl (C=O) groups excluding carboxylic acids is 2. The molecule has 0 aromatic rings. The first-order valence-corrected chi connectivity index (χ1v) is 8.69. The Morgan fingerprint density at radius 1 is 0.773 bits per heavy atom. The van der Waals surface area contributed by atoms with Gasteiger partial charge in [0.1, 0.15) is 0 Å². The molecule has 1 rings (SSSR count). The second-order valence-electron chi connectivity index (χ2n) is 6.09. The molecule has 1 heterocycles. The minimum absolute atomic E-state index is 0.281. The SMILES string of the molecule is CCCCCCCCCCCCN=C1C(=O)N(C)C(=O)N1C. The van der Waals surface area contributed by atoms with E-state index in [0.717, 1.165) is 17.7 Å². The van der Waals surface area contributed by atoms with Crippen LogP contribution in [0.25, 0.3) is 0 Å². The monoisotopic (exact) mass is 309 g/mol. The van der Waals surface area contributed by atoms with Crippen molar-refractivity contribution in [2.24, 2.45) is 4.99 Å². The maximum Gasteiger partial charge on any atom is 0.332 e. The third kappa shape index (κ3) is 5.78. The zero-order valence-electron chi connectivity index (χ0n) is 14.4. The van der Waals surface area contributed by atoms with E-state index in [1.807, 2.05) is 0 Å². The molecular weight excluding hydrogens is 278 g/mol. The van der Waals surface area contributed by atoms with Crippen LogP contribution in [-0.2, 0) is 4.79 Å². The lowest BCUT2D eigenvalue weighted by Gasteiger charge is -2.06. The molecule has 0 aromatic heterocycles. The summed E-state index contributed by atoms with van der Waals surface area (Å²) in [6, 6.07) is -0.299. The minimum atomic E-state index is -0.299. The van der Waals surface area contributed by atoms with Crippen LogP contribution in [0.5, 0.6) is 0 Å². The molecule has 22 heavy (non-hydrogen) atoms. The number of amides is 3. The van der Waals surface area contributed by atoms with Crippen LogP contribution in [0, 0.1) is 0 Å². The number of unbranched alkanes of at least 4 members (excludes halogenated alkanes) is 9. The van der Waals surface area contributed by atoms with E-state index in [1.54, 1.807) is 7.05 Å². The van der Waals surface area contributed by atoms with Crippen molar-refractivity contribution in [2.45, 2.75) is 71.1 Å². The van der Waals surface area contributed by atoms with Crippen LogP contribution in [-0.4, -0.2) is 48.2 Å². The summed E-state index contributed by atoms with van der Waals surface area (Å²) in [6.45, 7) is 2.87. The van der Waals surface area contributed by atoms with Crippen molar-refractivity contribution in [2.75, 3.05) is 20.6 Å². The van der Waals surface area contributed by atoms with Gasteiger partial charge in [0, 0.05) is 20.6 Å². The zero-order valence-corrected chi connectivity index (χ0v) is 14.4. The van der Waals surface area contributed by atoms with Crippen LogP contribution >= 0.6 is 0 Å². The van der Waals surface area contributed by atoms with Gasteiger partial charge in [-0.1, -0.05) is 64.7 Å². The summed E-state index contributed by atoms with van der Waals surface area (Å²) in [7, 11) is 3.09. The van der Waals surface area contributed by atoms with Crippen LogP contribution in [0.15, 0.2) is 4.99 Å². The molecule has 0 aromatic carbocycles. The van der Waals surface area contributed by atoms with Crippen LogP contribution < -0.4 is 0 Å². The average molecular weight is 309 g/mol. The van der Waals surface area contributed by atoms with Gasteiger partial charge in [-0.25, -0.2) is 4.79 Å². The summed E-state index contributed by atoms with van der Waals surface area (Å²) >= 11 is 0. The van der Waals surface area contributed by atoms with Gasteiger partial charge in [0.15, 0.2) is 5.84 Å². The Kier molecular flexibility index (Phi) is 8.78. The summed E-state index contributed by atoms with van der Waals surface area (Å²) in [4.78, 5) is 30.1. The Labute approximate surface area is 134 Å². The summed E-state index contributed by atoms with van der Waals surface area (Å²) in [6.07, 6.45) is 12.8. The van der Waals surface area contributed by atoms with Crippen molar-refractivity contribution in [3.8, 4) is 0 Å². The number of likely N-dealkylation sites (N-methyl/N-ethyl adjacent to an activating group) is 2. The number of carbonyl (C=O) groups is 2. The van der Waals surface area contributed by atoms with Crippen molar-refractivity contribution < 1.29 is 9.59 Å². The molecule has 5 heteroatoms. The fourth-order valence-corrected chi connectivity index (χ4v) is 2.65. The van der Waals surface area contributed by atoms with Crippen molar-refractivity contribution in [1.29, 1.82) is 0 Å². The first-order valence-electron chi connectivity index (χ1n) is 8.69. The Balaban J connectivity index is 2.05. The number of aliphatic imine (C=N–C) groups is 1. The third-order valence-corrected chi connectivity index (χ3v) is 4.16. The van der Waals surface area contributed by atoms with Gasteiger partial charge in [-0.15, -0.1) is 0 Å². The van der Waals surface area contributed by atoms with Crippen LogP contribution in [0.4, 0.5) is 4.79 Å². The number of nitrogens with zero attached hydrogens (tertiary/aromatic N) is 3. The van der Waals surface area contributed by atoms with Gasteiger partial charge < -0.3 is 0 Å². The molecule has 5 nitrogen and oxygen atoms in total. The molecule has 0 bridgehead atoms. The maximum absolute atomic E-state index is 11.8. The molecule has 1 aliphatic heterocycles. The smallest absolute Gasteiger partial charge is 0.277 e. The number of amidine groups is 1. The highest BCUT2D eigenvalue weighted by Gasteiger charge is 2.37. The Morgan fingerprint density at radius 2 is 1.27 bits per heavy atom. The van der Waals surface area contributed by atoms with E-state index in [0.29, 0.717) is 6.54 Å². The molecule has 0 spiro atoms. The number of rotatable bonds is 11. The first-order chi connectivity index (χ1) is 10.6. The van der Waals surface area contributed by atoms with Gasteiger partial charge >= 0.3 is 6.03 Å². The van der Waals surface area contributed by atoms with Crippen molar-refractivity contribution in [3.05, 3.63) is 0 Å². The second-order valence-corrected chi connectivity index (χ2v) is 6.09. The minimum Gasteiger partial charge on any atom is -0.277 e. The fourth-order valence-electron chi connectivity index (χ4n) is 2.65. The first kappa shape index (κ1) is 18.7. The topological polar surface area (TPSA) is 53.0 Å². The summed E-state index contributed by atoms with van der Waals surface area (Å²) in [5.41, 5.74) is 0. The number of imide groups is 1. The molecular formula is C17H31N3O2. The van der Waals surface area contributed by atoms with Gasteiger partial charge in [0.25, 0.3) is 5.91 Å². The Hall–Kier alpha value is -1.39. The van der Waals surface area contributed by atoms with Crippen molar-refractivity contribution in [1.82, 2.24) is 9.80 Å². The van der Waals surface area contributed by atoms with Crippen LogP contribution in [0.3, 0.4) is 0 Å². The molecule has 1 aliphatic rings. The number of hydrogen-bond acceptors (Lipinski definition) is 3. The van der Waals surface area contributed by atoms with E-state index in [4.69, 9.17) is 0 Å². The van der Waals surface area contributed by atoms with E-state index in [-0.39, 0.29) is 17.8 Å². The van der Waals surface area contributed by atoms with Crippen LogP contribution in [0.1, 0.15) is 71.1 Å². The molecule has 1 saturated heterocycles. The lowest BCUT2D eigenvalue weighted by molar-refractivity contribution is -0.119. The van der Waals surface area contributed by atoms with E-state index in [1.165, 1.54) is 63.3 Å². The van der Waals surface area contributed by atoms with Crippen LogP contribution in [0.2, 0.25) is 0 Å². The highest BCUT2D eigenvalue weighted by atomic mass is 16.2. The van der Waals surface area contributed by atoms with Gasteiger partial charge in [0.05, 0.1) is 0 Å². The lowest BCUT2D eigenvalue weighted by atomic mass is 10.1. The standard InChI is InChI=1S/C17H31N3O2/c1-4-5-6-7-8-9-10-11-12-13-14-18-15-16(21)20(3)17(22)19(15)2/h4-14H2,1-3H3. The molecule has 0 N–H and O–H groups in total. The largest absolute Gasteiger partial charge is 0.332 e. The molecule has 3 amide bonds. The predicted octanol–water partition coefficient (Wildman–Crippen LogP) is 3.83. The van der Waals surface area contributed by atoms with E-state index < -0.39 is 0 Å². The number of urea groups is 1. The molecule has 0 atom stereocenters. The molecule has 0 aliphatic carbocycles. The Morgan fingerprint density at radius 3 is 1.73 bits per heavy atom. The summed E-state index contributed by atoms with van der Waals surface area (Å²) in [5.74, 6) is -0.0111. The Bertz CT molecular complexity index is 393. The summed E-state index contributed by atoms with van der Waals surface area (Å²) in [5, 5.41) is 0. The molecule has 1 fully saturated rings. The zero-order chi connectivity index (χ0) is 16.4. The molecule has 0 unspecified atom stereocenters. The van der Waals surface area contributed by atoms with Crippen molar-refractivity contribution in [3.63, 3.8) is 0 Å². The lowest BCUT2D eigenvalue weighted by Crippen LogP contribution is -2.27. The highest BCUT2D eigenvalue weighted by molar-refractivity contribution is 6.46. The van der Waals surface area contributed by atoms with Gasteiger partial charge in [-0.2, -0.15) is 0 Å². The quantitative estimate of drug-likeness (QED) is 0.430. The third-order valence-electron chi connectivity index (χ3n) is 4.16.